The van der Waals surface area contributed by atoms with Crippen LogP contribution in [-0.2, 0) is 6.42 Å². The van der Waals surface area contributed by atoms with Crippen molar-refractivity contribution >= 4 is 17.4 Å². The highest BCUT2D eigenvalue weighted by atomic mass is 35.5. The number of hydrogen-bond donors (Lipinski definition) is 1. The Kier molecular flexibility index (Phi) is 5.40. The maximum atomic E-state index is 6.01. The fourth-order valence-electron chi connectivity index (χ4n) is 2.26. The van der Waals surface area contributed by atoms with E-state index in [9.17, 15) is 0 Å². The van der Waals surface area contributed by atoms with Gasteiger partial charge in [-0.2, -0.15) is 0 Å². The van der Waals surface area contributed by atoms with E-state index in [1.165, 1.54) is 12.8 Å². The van der Waals surface area contributed by atoms with Crippen LogP contribution in [-0.4, -0.2) is 40.5 Å². The number of aryl methyl sites for hydroxylation is 1. The molecule has 106 valence electrons. The molecule has 1 aromatic rings. The lowest BCUT2D eigenvalue weighted by atomic mass is 10.3. The van der Waals surface area contributed by atoms with E-state index in [-0.39, 0.29) is 0 Å². The third-order valence-corrected chi connectivity index (χ3v) is 3.58. The molecule has 0 aliphatic heterocycles. The van der Waals surface area contributed by atoms with Crippen LogP contribution in [0.1, 0.15) is 38.9 Å². The number of nitrogens with zero attached hydrogens (tertiary/aromatic N) is 3. The number of likely N-dealkylation sites (N-methyl/N-ethyl adjacent to an activating group) is 1. The molecule has 1 saturated carbocycles. The van der Waals surface area contributed by atoms with Gasteiger partial charge in [0.25, 0.3) is 0 Å². The minimum atomic E-state index is 0.524. The number of aromatic nitrogens is 2. The predicted octanol–water partition coefficient (Wildman–Crippen LogP) is 2.98. The number of nitrogens with one attached hydrogen (secondary N) is 1. The fraction of sp³-hybridized carbons (Fsp3) is 0.714. The van der Waals surface area contributed by atoms with Crippen LogP contribution >= 0.6 is 11.6 Å². The molecule has 1 aliphatic carbocycles. The Morgan fingerprint density at radius 2 is 2.16 bits per heavy atom. The molecule has 0 amide bonds. The van der Waals surface area contributed by atoms with Crippen LogP contribution in [0.15, 0.2) is 6.07 Å². The third kappa shape index (κ3) is 4.62. The molecular weight excluding hydrogens is 260 g/mol. The minimum absolute atomic E-state index is 0.524. The van der Waals surface area contributed by atoms with Gasteiger partial charge in [-0.3, -0.25) is 4.90 Å². The highest BCUT2D eigenvalue weighted by Gasteiger charge is 2.27. The molecule has 0 aromatic carbocycles. The molecule has 0 atom stereocenters. The first-order valence-corrected chi connectivity index (χ1v) is 7.62. The average Bonchev–Trinajstić information content (AvgIpc) is 3.19. The zero-order valence-corrected chi connectivity index (χ0v) is 12.6. The van der Waals surface area contributed by atoms with Crippen molar-refractivity contribution in [2.75, 3.05) is 25.0 Å². The summed E-state index contributed by atoms with van der Waals surface area (Å²) in [7, 11) is 0. The van der Waals surface area contributed by atoms with Crippen molar-refractivity contribution in [1.29, 1.82) is 0 Å². The Labute approximate surface area is 120 Å². The van der Waals surface area contributed by atoms with Gasteiger partial charge in [0.1, 0.15) is 16.8 Å². The van der Waals surface area contributed by atoms with E-state index < -0.39 is 0 Å². The minimum Gasteiger partial charge on any atom is -0.369 e. The Morgan fingerprint density at radius 3 is 2.79 bits per heavy atom. The van der Waals surface area contributed by atoms with Crippen LogP contribution in [0.4, 0.5) is 5.82 Å². The quantitative estimate of drug-likeness (QED) is 0.744. The second-order valence-electron chi connectivity index (χ2n) is 5.03. The van der Waals surface area contributed by atoms with Crippen LogP contribution in [0.5, 0.6) is 0 Å². The molecule has 19 heavy (non-hydrogen) atoms. The first-order chi connectivity index (χ1) is 9.22. The van der Waals surface area contributed by atoms with Crippen molar-refractivity contribution < 1.29 is 0 Å². The van der Waals surface area contributed by atoms with Crippen LogP contribution in [0.3, 0.4) is 0 Å². The molecule has 1 N–H and O–H groups in total. The number of anilines is 1. The topological polar surface area (TPSA) is 41.1 Å². The molecule has 4 nitrogen and oxygen atoms in total. The normalized spacial score (nSPS) is 14.9. The molecule has 0 spiro atoms. The summed E-state index contributed by atoms with van der Waals surface area (Å²) in [5.74, 6) is 1.67. The van der Waals surface area contributed by atoms with Crippen molar-refractivity contribution in [3.05, 3.63) is 17.0 Å². The predicted molar refractivity (Wildman–Crippen MR) is 79.8 cm³/mol. The monoisotopic (exact) mass is 282 g/mol. The fourth-order valence-corrected chi connectivity index (χ4v) is 2.46. The molecule has 1 heterocycles. The molecule has 1 fully saturated rings. The lowest BCUT2D eigenvalue weighted by molar-refractivity contribution is 0.289. The molecule has 2 rings (SSSR count). The maximum Gasteiger partial charge on any atom is 0.134 e. The van der Waals surface area contributed by atoms with Crippen molar-refractivity contribution in [3.63, 3.8) is 0 Å². The summed E-state index contributed by atoms with van der Waals surface area (Å²) in [5, 5.41) is 3.88. The smallest absolute Gasteiger partial charge is 0.134 e. The Morgan fingerprint density at radius 1 is 1.37 bits per heavy atom. The van der Waals surface area contributed by atoms with Crippen LogP contribution in [0.2, 0.25) is 5.15 Å². The summed E-state index contributed by atoms with van der Waals surface area (Å²) in [6, 6.07) is 2.62. The Hall–Kier alpha value is -0.870. The SMILES string of the molecule is CCCc1nc(Cl)cc(NCCN(CC)C2CC2)n1. The zero-order chi connectivity index (χ0) is 13.7. The number of hydrogen-bond acceptors (Lipinski definition) is 4. The van der Waals surface area contributed by atoms with Crippen molar-refractivity contribution in [3.8, 4) is 0 Å². The highest BCUT2D eigenvalue weighted by molar-refractivity contribution is 6.29. The average molecular weight is 283 g/mol. The summed E-state index contributed by atoms with van der Waals surface area (Å²) >= 11 is 6.01. The third-order valence-electron chi connectivity index (χ3n) is 3.39. The van der Waals surface area contributed by atoms with Gasteiger partial charge >= 0.3 is 0 Å². The van der Waals surface area contributed by atoms with Crippen LogP contribution in [0.25, 0.3) is 0 Å². The van der Waals surface area contributed by atoms with E-state index in [4.69, 9.17) is 11.6 Å². The Bertz CT molecular complexity index is 406. The lowest BCUT2D eigenvalue weighted by Gasteiger charge is -2.20. The molecule has 0 unspecified atom stereocenters. The van der Waals surface area contributed by atoms with E-state index in [1.807, 2.05) is 0 Å². The van der Waals surface area contributed by atoms with E-state index in [0.29, 0.717) is 5.15 Å². The van der Waals surface area contributed by atoms with E-state index >= 15 is 0 Å². The van der Waals surface area contributed by atoms with Gasteiger partial charge in [0.15, 0.2) is 0 Å². The molecule has 0 radical (unpaired) electrons. The molecule has 0 saturated heterocycles. The van der Waals surface area contributed by atoms with Gasteiger partial charge in [-0.15, -0.1) is 0 Å². The first-order valence-electron chi connectivity index (χ1n) is 7.24. The standard InChI is InChI=1S/C14H23ClN4/c1-3-5-13-17-12(15)10-14(18-13)16-8-9-19(4-2)11-6-7-11/h10-11H,3-9H2,1-2H3,(H,16,17,18). The summed E-state index contributed by atoms with van der Waals surface area (Å²) < 4.78 is 0. The van der Waals surface area contributed by atoms with Gasteiger partial charge < -0.3 is 5.32 Å². The summed E-state index contributed by atoms with van der Waals surface area (Å²) in [5.41, 5.74) is 0. The van der Waals surface area contributed by atoms with Crippen molar-refractivity contribution in [1.82, 2.24) is 14.9 Å². The number of rotatable bonds is 8. The van der Waals surface area contributed by atoms with Gasteiger partial charge in [-0.1, -0.05) is 25.4 Å². The highest BCUT2D eigenvalue weighted by Crippen LogP contribution is 2.26. The van der Waals surface area contributed by atoms with Gasteiger partial charge in [0.05, 0.1) is 0 Å². The summed E-state index contributed by atoms with van der Waals surface area (Å²) in [4.78, 5) is 11.2. The van der Waals surface area contributed by atoms with Gasteiger partial charge in [-0.25, -0.2) is 9.97 Å². The zero-order valence-electron chi connectivity index (χ0n) is 11.8. The van der Waals surface area contributed by atoms with Gasteiger partial charge in [-0.05, 0) is 25.8 Å². The molecule has 1 aromatic heterocycles. The first kappa shape index (κ1) is 14.5. The second-order valence-corrected chi connectivity index (χ2v) is 5.42. The molecule has 5 heteroatoms. The van der Waals surface area contributed by atoms with Gasteiger partial charge in [0, 0.05) is 31.6 Å². The van der Waals surface area contributed by atoms with Crippen molar-refractivity contribution in [2.45, 2.75) is 45.6 Å². The molecule has 0 bridgehead atoms. The lowest BCUT2D eigenvalue weighted by Crippen LogP contribution is -2.31. The van der Waals surface area contributed by atoms with E-state index in [1.54, 1.807) is 6.07 Å². The van der Waals surface area contributed by atoms with Crippen molar-refractivity contribution in [2.24, 2.45) is 0 Å². The Balaban J connectivity index is 1.84. The summed E-state index contributed by atoms with van der Waals surface area (Å²) in [6.45, 7) is 7.43. The molecular formula is C14H23ClN4. The largest absolute Gasteiger partial charge is 0.369 e. The van der Waals surface area contributed by atoms with Gasteiger partial charge in [0.2, 0.25) is 0 Å². The van der Waals surface area contributed by atoms with Crippen LogP contribution < -0.4 is 5.32 Å². The molecule has 1 aliphatic rings. The van der Waals surface area contributed by atoms with E-state index in [2.05, 4.69) is 34.0 Å². The van der Waals surface area contributed by atoms with E-state index in [0.717, 1.165) is 50.2 Å². The number of halogens is 1. The maximum absolute atomic E-state index is 6.01. The summed E-state index contributed by atoms with van der Waals surface area (Å²) in [6.07, 6.45) is 4.62. The second kappa shape index (κ2) is 7.06. The van der Waals surface area contributed by atoms with Crippen LogP contribution in [0, 0.1) is 0 Å².